The Kier molecular flexibility index (Phi) is 9.05. The van der Waals surface area contributed by atoms with Crippen molar-refractivity contribution < 1.29 is 8.85 Å². The van der Waals surface area contributed by atoms with Crippen LogP contribution in [0.5, 0.6) is 0 Å². The second-order valence-electron chi connectivity index (χ2n) is 4.79. The average Bonchev–Trinajstić information content (AvgIpc) is 2.45. The van der Waals surface area contributed by atoms with Crippen molar-refractivity contribution in [3.63, 3.8) is 0 Å². The summed E-state index contributed by atoms with van der Waals surface area (Å²) in [5.74, 6) is 0.994. The largest absolute Gasteiger partial charge is 0.514 e. The minimum atomic E-state index is -2.55. The van der Waals surface area contributed by atoms with E-state index in [2.05, 4.69) is 40.9 Å². The molecule has 0 aromatic carbocycles. The molecule has 0 aliphatic rings. The van der Waals surface area contributed by atoms with Crippen molar-refractivity contribution in [1.82, 2.24) is 0 Å². The van der Waals surface area contributed by atoms with Crippen LogP contribution in [-0.4, -0.2) is 8.56 Å². The maximum Gasteiger partial charge on any atom is 0.514 e. The van der Waals surface area contributed by atoms with Crippen LogP contribution >= 0.6 is 0 Å². The van der Waals surface area contributed by atoms with Crippen molar-refractivity contribution in [1.29, 1.82) is 0 Å². The predicted molar refractivity (Wildman–Crippen MR) is 85.5 cm³/mol. The Hall–Kier alpha value is -1.22. The highest BCUT2D eigenvalue weighted by Gasteiger charge is 2.32. The highest BCUT2D eigenvalue weighted by atomic mass is 28.4. The standard InChI is InChI=1S/C16H28O2Si/c1-7-15(5)11-13-17-19(9-3,10-4)18-14-12-16(6)8-2/h9-16H,3-4,7-8H2,1-2,5-6H3. The van der Waals surface area contributed by atoms with Gasteiger partial charge in [0.2, 0.25) is 0 Å². The first-order valence-electron chi connectivity index (χ1n) is 6.99. The van der Waals surface area contributed by atoms with E-state index in [0.717, 1.165) is 12.8 Å². The molecule has 108 valence electrons. The van der Waals surface area contributed by atoms with Gasteiger partial charge in [-0.2, -0.15) is 0 Å². The molecule has 0 radical (unpaired) electrons. The maximum absolute atomic E-state index is 5.76. The van der Waals surface area contributed by atoms with Crippen molar-refractivity contribution >= 4 is 8.56 Å². The molecule has 19 heavy (non-hydrogen) atoms. The Bertz CT molecular complexity index is 289. The Morgan fingerprint density at radius 1 is 0.895 bits per heavy atom. The molecule has 0 fully saturated rings. The third kappa shape index (κ3) is 7.06. The summed E-state index contributed by atoms with van der Waals surface area (Å²) in [6.07, 6.45) is 9.70. The number of allylic oxidation sites excluding steroid dienone is 2. The highest BCUT2D eigenvalue weighted by molar-refractivity contribution is 6.77. The summed E-state index contributed by atoms with van der Waals surface area (Å²) >= 11 is 0. The first kappa shape index (κ1) is 17.8. The molecule has 2 atom stereocenters. The van der Waals surface area contributed by atoms with Gasteiger partial charge in [-0.25, -0.2) is 0 Å². The molecule has 0 aliphatic heterocycles. The molecule has 0 aromatic rings. The molecule has 0 bridgehead atoms. The molecule has 0 N–H and O–H groups in total. The number of rotatable bonds is 10. The Balaban J connectivity index is 4.58. The average molecular weight is 280 g/mol. The molecular formula is C16H28O2Si. The van der Waals surface area contributed by atoms with Gasteiger partial charge in [0.05, 0.1) is 12.5 Å². The van der Waals surface area contributed by atoms with Crippen LogP contribution in [0.1, 0.15) is 40.5 Å². The van der Waals surface area contributed by atoms with Crippen molar-refractivity contribution in [2.24, 2.45) is 11.8 Å². The lowest BCUT2D eigenvalue weighted by Crippen LogP contribution is -2.34. The molecule has 0 aliphatic carbocycles. The third-order valence-corrected chi connectivity index (χ3v) is 5.32. The second kappa shape index (κ2) is 9.67. The lowest BCUT2D eigenvalue weighted by molar-refractivity contribution is 0.329. The lowest BCUT2D eigenvalue weighted by Gasteiger charge is -2.21. The molecule has 0 heterocycles. The van der Waals surface area contributed by atoms with Gasteiger partial charge in [0.15, 0.2) is 0 Å². The van der Waals surface area contributed by atoms with Crippen molar-refractivity contribution in [3.8, 4) is 0 Å². The summed E-state index contributed by atoms with van der Waals surface area (Å²) in [7, 11) is -2.55. The van der Waals surface area contributed by atoms with E-state index in [9.17, 15) is 0 Å². The normalized spacial score (nSPS) is 15.4. The van der Waals surface area contributed by atoms with Crippen LogP contribution in [0.15, 0.2) is 49.2 Å². The fourth-order valence-corrected chi connectivity index (χ4v) is 2.32. The van der Waals surface area contributed by atoms with Gasteiger partial charge >= 0.3 is 8.56 Å². The minimum absolute atomic E-state index is 0.497. The molecular weight excluding hydrogens is 252 g/mol. The van der Waals surface area contributed by atoms with Crippen LogP contribution in [-0.2, 0) is 8.85 Å². The highest BCUT2D eigenvalue weighted by Crippen LogP contribution is 2.14. The molecule has 0 rings (SSSR count). The van der Waals surface area contributed by atoms with E-state index in [0.29, 0.717) is 11.8 Å². The second-order valence-corrected chi connectivity index (χ2v) is 7.52. The summed E-state index contributed by atoms with van der Waals surface area (Å²) in [5, 5.41) is 0. The predicted octanol–water partition coefficient (Wildman–Crippen LogP) is 5.03. The Labute approximate surface area is 119 Å². The summed E-state index contributed by atoms with van der Waals surface area (Å²) in [5.41, 5.74) is 3.48. The monoisotopic (exact) mass is 280 g/mol. The fraction of sp³-hybridized carbons (Fsp3) is 0.500. The summed E-state index contributed by atoms with van der Waals surface area (Å²) in [6.45, 7) is 16.2. The number of hydrogen-bond acceptors (Lipinski definition) is 2. The van der Waals surface area contributed by atoms with Crippen LogP contribution in [0.4, 0.5) is 0 Å². The van der Waals surface area contributed by atoms with Gasteiger partial charge in [0, 0.05) is 0 Å². The van der Waals surface area contributed by atoms with E-state index < -0.39 is 8.56 Å². The van der Waals surface area contributed by atoms with Crippen molar-refractivity contribution in [2.75, 3.05) is 0 Å². The van der Waals surface area contributed by atoms with E-state index in [1.165, 1.54) is 0 Å². The summed E-state index contributed by atoms with van der Waals surface area (Å²) in [4.78, 5) is 0. The summed E-state index contributed by atoms with van der Waals surface area (Å²) < 4.78 is 11.5. The molecule has 0 amide bonds. The fourth-order valence-electron chi connectivity index (χ4n) is 1.14. The van der Waals surface area contributed by atoms with Gasteiger partial charge < -0.3 is 8.85 Å². The van der Waals surface area contributed by atoms with Crippen LogP contribution in [0.2, 0.25) is 0 Å². The molecule has 2 nitrogen and oxygen atoms in total. The van der Waals surface area contributed by atoms with Gasteiger partial charge in [-0.15, -0.1) is 0 Å². The zero-order chi connectivity index (χ0) is 14.7. The van der Waals surface area contributed by atoms with Crippen LogP contribution < -0.4 is 0 Å². The van der Waals surface area contributed by atoms with Gasteiger partial charge in [-0.3, -0.25) is 0 Å². The van der Waals surface area contributed by atoms with Crippen LogP contribution in [0, 0.1) is 11.8 Å². The van der Waals surface area contributed by atoms with Gasteiger partial charge in [-0.05, 0) is 48.2 Å². The maximum atomic E-state index is 5.76. The van der Waals surface area contributed by atoms with Gasteiger partial charge in [-0.1, -0.05) is 40.9 Å². The molecule has 0 aromatic heterocycles. The molecule has 0 spiro atoms. The molecule has 2 unspecified atom stereocenters. The van der Waals surface area contributed by atoms with E-state index in [1.807, 2.05) is 12.2 Å². The van der Waals surface area contributed by atoms with E-state index in [1.54, 1.807) is 23.9 Å². The van der Waals surface area contributed by atoms with Gasteiger partial charge in [0.25, 0.3) is 0 Å². The van der Waals surface area contributed by atoms with E-state index >= 15 is 0 Å². The first-order chi connectivity index (χ1) is 9.03. The number of hydrogen-bond donors (Lipinski definition) is 0. The zero-order valence-corrected chi connectivity index (χ0v) is 13.8. The summed E-state index contributed by atoms with van der Waals surface area (Å²) in [6, 6.07) is 0. The third-order valence-electron chi connectivity index (χ3n) is 3.18. The Morgan fingerprint density at radius 3 is 1.53 bits per heavy atom. The minimum Gasteiger partial charge on any atom is -0.513 e. The Morgan fingerprint density at radius 2 is 1.26 bits per heavy atom. The van der Waals surface area contributed by atoms with E-state index in [4.69, 9.17) is 8.85 Å². The SMILES string of the molecule is C=C[Si](C=C)(OC=CC(C)CC)OC=CC(C)CC. The quantitative estimate of drug-likeness (QED) is 0.412. The molecule has 0 saturated carbocycles. The zero-order valence-electron chi connectivity index (χ0n) is 12.8. The van der Waals surface area contributed by atoms with Crippen LogP contribution in [0.3, 0.4) is 0 Å². The molecule has 0 saturated heterocycles. The van der Waals surface area contributed by atoms with Crippen LogP contribution in [0.25, 0.3) is 0 Å². The smallest absolute Gasteiger partial charge is 0.513 e. The van der Waals surface area contributed by atoms with Crippen molar-refractivity contribution in [3.05, 3.63) is 49.2 Å². The lowest BCUT2D eigenvalue weighted by atomic mass is 10.1. The topological polar surface area (TPSA) is 18.5 Å². The van der Waals surface area contributed by atoms with Crippen molar-refractivity contribution in [2.45, 2.75) is 40.5 Å². The van der Waals surface area contributed by atoms with Gasteiger partial charge in [0.1, 0.15) is 0 Å². The first-order valence-corrected chi connectivity index (χ1v) is 8.96. The van der Waals surface area contributed by atoms with E-state index in [-0.39, 0.29) is 0 Å². The molecule has 3 heteroatoms.